The van der Waals surface area contributed by atoms with Gasteiger partial charge < -0.3 is 4.74 Å². The van der Waals surface area contributed by atoms with E-state index in [9.17, 15) is 4.79 Å². The minimum absolute atomic E-state index is 0.476. The predicted octanol–water partition coefficient (Wildman–Crippen LogP) is 4.16. The zero-order valence-corrected chi connectivity index (χ0v) is 11.3. The molecule has 0 amide bonds. The molecule has 2 aromatic rings. The van der Waals surface area contributed by atoms with Gasteiger partial charge in [-0.05, 0) is 36.6 Å². The molecule has 0 aliphatic carbocycles. The number of aryl methyl sites for hydroxylation is 1. The Bertz CT molecular complexity index is 538. The summed E-state index contributed by atoms with van der Waals surface area (Å²) >= 11 is 6.02. The third-order valence-electron chi connectivity index (χ3n) is 2.80. The Hall–Kier alpha value is -1.80. The van der Waals surface area contributed by atoms with E-state index in [2.05, 4.69) is 12.1 Å². The Morgan fingerprint density at radius 3 is 2.58 bits per heavy atom. The highest BCUT2D eigenvalue weighted by molar-refractivity contribution is 6.32. The molecular formula is C16H15ClO2. The van der Waals surface area contributed by atoms with Crippen LogP contribution in [0, 0.1) is 0 Å². The maximum atomic E-state index is 10.6. The first-order chi connectivity index (χ1) is 9.29. The van der Waals surface area contributed by atoms with Crippen LogP contribution in [-0.4, -0.2) is 12.9 Å². The average Bonchev–Trinajstić information content (AvgIpc) is 2.46. The monoisotopic (exact) mass is 274 g/mol. The van der Waals surface area contributed by atoms with Crippen LogP contribution in [-0.2, 0) is 6.42 Å². The number of carbonyl (C=O) groups excluding carboxylic acids is 1. The number of carbonyl (C=O) groups is 1. The summed E-state index contributed by atoms with van der Waals surface area (Å²) in [7, 11) is 0. The van der Waals surface area contributed by atoms with Crippen molar-refractivity contribution in [3.8, 4) is 5.75 Å². The van der Waals surface area contributed by atoms with Gasteiger partial charge in [0.15, 0.2) is 0 Å². The van der Waals surface area contributed by atoms with Gasteiger partial charge in [0.2, 0.25) is 0 Å². The molecule has 0 unspecified atom stereocenters. The number of halogens is 1. The fraction of sp³-hybridized carbons (Fsp3) is 0.188. The highest BCUT2D eigenvalue weighted by Crippen LogP contribution is 2.25. The molecule has 0 saturated heterocycles. The van der Waals surface area contributed by atoms with Crippen molar-refractivity contribution in [3.05, 3.63) is 64.7 Å². The van der Waals surface area contributed by atoms with E-state index in [1.807, 2.05) is 18.2 Å². The van der Waals surface area contributed by atoms with Crippen molar-refractivity contribution in [1.29, 1.82) is 0 Å². The SMILES string of the molecule is O=Cc1ccc(OCCCc2ccccc2)c(Cl)c1. The number of rotatable bonds is 6. The highest BCUT2D eigenvalue weighted by atomic mass is 35.5. The molecule has 0 saturated carbocycles. The summed E-state index contributed by atoms with van der Waals surface area (Å²) in [6.07, 6.45) is 2.67. The van der Waals surface area contributed by atoms with Crippen LogP contribution in [0.2, 0.25) is 5.02 Å². The first-order valence-electron chi connectivity index (χ1n) is 6.21. The van der Waals surface area contributed by atoms with Gasteiger partial charge >= 0.3 is 0 Å². The molecule has 0 bridgehead atoms. The highest BCUT2D eigenvalue weighted by Gasteiger charge is 2.02. The summed E-state index contributed by atoms with van der Waals surface area (Å²) in [6, 6.07) is 15.3. The lowest BCUT2D eigenvalue weighted by atomic mass is 10.1. The Morgan fingerprint density at radius 1 is 1.11 bits per heavy atom. The lowest BCUT2D eigenvalue weighted by Crippen LogP contribution is -2.00. The lowest BCUT2D eigenvalue weighted by Gasteiger charge is -2.08. The molecule has 0 aliphatic rings. The van der Waals surface area contributed by atoms with Gasteiger partial charge in [0.25, 0.3) is 0 Å². The second kappa shape index (κ2) is 6.95. The molecule has 2 nitrogen and oxygen atoms in total. The van der Waals surface area contributed by atoms with Gasteiger partial charge in [0.1, 0.15) is 12.0 Å². The molecule has 0 fully saturated rings. The molecule has 19 heavy (non-hydrogen) atoms. The first-order valence-corrected chi connectivity index (χ1v) is 6.59. The van der Waals surface area contributed by atoms with E-state index < -0.39 is 0 Å². The first kappa shape index (κ1) is 13.6. The number of hydrogen-bond donors (Lipinski definition) is 0. The third kappa shape index (κ3) is 4.11. The van der Waals surface area contributed by atoms with Gasteiger partial charge in [0, 0.05) is 5.56 Å². The second-order valence-corrected chi connectivity index (χ2v) is 4.65. The quantitative estimate of drug-likeness (QED) is 0.584. The van der Waals surface area contributed by atoms with Crippen LogP contribution in [0.4, 0.5) is 0 Å². The van der Waals surface area contributed by atoms with Crippen LogP contribution in [0.1, 0.15) is 22.3 Å². The van der Waals surface area contributed by atoms with E-state index in [0.717, 1.165) is 19.1 Å². The fourth-order valence-corrected chi connectivity index (χ4v) is 2.05. The van der Waals surface area contributed by atoms with E-state index in [1.54, 1.807) is 18.2 Å². The number of benzene rings is 2. The summed E-state index contributed by atoms with van der Waals surface area (Å²) in [5.74, 6) is 0.625. The van der Waals surface area contributed by atoms with Crippen molar-refractivity contribution in [3.63, 3.8) is 0 Å². The average molecular weight is 275 g/mol. The van der Waals surface area contributed by atoms with Gasteiger partial charge in [-0.25, -0.2) is 0 Å². The molecule has 0 heterocycles. The van der Waals surface area contributed by atoms with E-state index >= 15 is 0 Å². The zero-order valence-electron chi connectivity index (χ0n) is 10.5. The molecule has 3 heteroatoms. The van der Waals surface area contributed by atoms with Crippen LogP contribution in [0.15, 0.2) is 48.5 Å². The molecule has 0 aliphatic heterocycles. The van der Waals surface area contributed by atoms with Crippen molar-refractivity contribution in [1.82, 2.24) is 0 Å². The van der Waals surface area contributed by atoms with E-state index in [4.69, 9.17) is 16.3 Å². The maximum absolute atomic E-state index is 10.6. The number of hydrogen-bond acceptors (Lipinski definition) is 2. The molecule has 0 atom stereocenters. The number of aldehydes is 1. The summed E-state index contributed by atoms with van der Waals surface area (Å²) < 4.78 is 5.61. The van der Waals surface area contributed by atoms with E-state index in [0.29, 0.717) is 22.9 Å². The second-order valence-electron chi connectivity index (χ2n) is 4.25. The Morgan fingerprint density at radius 2 is 1.89 bits per heavy atom. The lowest BCUT2D eigenvalue weighted by molar-refractivity contribution is 0.112. The summed E-state index contributed by atoms with van der Waals surface area (Å²) in [5.41, 5.74) is 1.86. The van der Waals surface area contributed by atoms with Crippen molar-refractivity contribution >= 4 is 17.9 Å². The fourth-order valence-electron chi connectivity index (χ4n) is 1.81. The van der Waals surface area contributed by atoms with Crippen molar-refractivity contribution in [2.24, 2.45) is 0 Å². The molecule has 2 rings (SSSR count). The van der Waals surface area contributed by atoms with Crippen LogP contribution in [0.25, 0.3) is 0 Å². The van der Waals surface area contributed by atoms with Gasteiger partial charge in [-0.2, -0.15) is 0 Å². The predicted molar refractivity (Wildman–Crippen MR) is 77.1 cm³/mol. The van der Waals surface area contributed by atoms with Crippen LogP contribution < -0.4 is 4.74 Å². The Labute approximate surface area is 118 Å². The smallest absolute Gasteiger partial charge is 0.150 e. The van der Waals surface area contributed by atoms with Crippen LogP contribution in [0.3, 0.4) is 0 Å². The van der Waals surface area contributed by atoms with Crippen molar-refractivity contribution in [2.45, 2.75) is 12.8 Å². The van der Waals surface area contributed by atoms with Crippen molar-refractivity contribution in [2.75, 3.05) is 6.61 Å². The standard InChI is InChI=1S/C16H15ClO2/c17-15-11-14(12-18)8-9-16(15)19-10-4-7-13-5-2-1-3-6-13/h1-3,5-6,8-9,11-12H,4,7,10H2. The molecule has 0 spiro atoms. The summed E-state index contributed by atoms with van der Waals surface area (Å²) in [4.78, 5) is 10.6. The van der Waals surface area contributed by atoms with Crippen LogP contribution >= 0.6 is 11.6 Å². The molecule has 98 valence electrons. The minimum atomic E-state index is 0.476. The zero-order chi connectivity index (χ0) is 13.5. The molecule has 0 radical (unpaired) electrons. The normalized spacial score (nSPS) is 10.2. The Balaban J connectivity index is 1.81. The third-order valence-corrected chi connectivity index (χ3v) is 3.10. The molecule has 2 aromatic carbocycles. The van der Waals surface area contributed by atoms with E-state index in [1.165, 1.54) is 5.56 Å². The maximum Gasteiger partial charge on any atom is 0.150 e. The molecule has 0 aromatic heterocycles. The molecular weight excluding hydrogens is 260 g/mol. The number of ether oxygens (including phenoxy) is 1. The van der Waals surface area contributed by atoms with E-state index in [-0.39, 0.29) is 0 Å². The largest absolute Gasteiger partial charge is 0.492 e. The van der Waals surface area contributed by atoms with Gasteiger partial charge in [-0.3, -0.25) is 4.79 Å². The van der Waals surface area contributed by atoms with Gasteiger partial charge in [0.05, 0.1) is 11.6 Å². The summed E-state index contributed by atoms with van der Waals surface area (Å²) in [5, 5.41) is 0.476. The Kier molecular flexibility index (Phi) is 4.99. The summed E-state index contributed by atoms with van der Waals surface area (Å²) in [6.45, 7) is 0.606. The molecule has 0 N–H and O–H groups in total. The van der Waals surface area contributed by atoms with Crippen LogP contribution in [0.5, 0.6) is 5.75 Å². The van der Waals surface area contributed by atoms with Crippen molar-refractivity contribution < 1.29 is 9.53 Å². The minimum Gasteiger partial charge on any atom is -0.492 e. The topological polar surface area (TPSA) is 26.3 Å². The van der Waals surface area contributed by atoms with Gasteiger partial charge in [-0.1, -0.05) is 41.9 Å². The van der Waals surface area contributed by atoms with Gasteiger partial charge in [-0.15, -0.1) is 0 Å².